The lowest BCUT2D eigenvalue weighted by Crippen LogP contribution is -2.30. The van der Waals surface area contributed by atoms with E-state index in [1.165, 1.54) is 25.2 Å². The van der Waals surface area contributed by atoms with Crippen LogP contribution >= 0.6 is 0 Å². The smallest absolute Gasteiger partial charge is 0.441 e. The van der Waals surface area contributed by atoms with Crippen molar-refractivity contribution in [1.82, 2.24) is 19.6 Å². The minimum Gasteiger partial charge on any atom is -0.441 e. The summed E-state index contributed by atoms with van der Waals surface area (Å²) in [6, 6.07) is 7.40. The standard InChI is InChI=1S/C24H28N4O8S/c1-6-26-23(30)35-13-19-27-16-12-14(3)21(36-24(31)34-7-2)15(4)20(16)22(29)28(19)17-10-8-9-11-18(17)37(32,33)25-5/h8-12,25H,6-7,13H2,1-5H3,(H,26,30). The number of amides is 1. The second kappa shape index (κ2) is 11.4. The van der Waals surface area contributed by atoms with Crippen molar-refractivity contribution >= 4 is 33.2 Å². The highest BCUT2D eigenvalue weighted by molar-refractivity contribution is 7.89. The average molecular weight is 533 g/mol. The highest BCUT2D eigenvalue weighted by Gasteiger charge is 2.24. The lowest BCUT2D eigenvalue weighted by Gasteiger charge is -2.19. The lowest BCUT2D eigenvalue weighted by molar-refractivity contribution is 0.104. The average Bonchev–Trinajstić information content (AvgIpc) is 2.85. The summed E-state index contributed by atoms with van der Waals surface area (Å²) < 4.78 is 44.3. The first-order valence-corrected chi connectivity index (χ1v) is 12.9. The van der Waals surface area contributed by atoms with Gasteiger partial charge in [-0.2, -0.15) is 0 Å². The van der Waals surface area contributed by atoms with Crippen LogP contribution in [0.4, 0.5) is 9.59 Å². The van der Waals surface area contributed by atoms with E-state index in [0.717, 1.165) is 4.57 Å². The molecule has 0 spiro atoms. The summed E-state index contributed by atoms with van der Waals surface area (Å²) in [5.41, 5.74) is 0.412. The van der Waals surface area contributed by atoms with Crippen LogP contribution in [-0.4, -0.2) is 50.4 Å². The maximum atomic E-state index is 14.0. The maximum Gasteiger partial charge on any atom is 0.513 e. The van der Waals surface area contributed by atoms with Crippen LogP contribution < -0.4 is 20.3 Å². The van der Waals surface area contributed by atoms with Crippen LogP contribution in [0, 0.1) is 13.8 Å². The summed E-state index contributed by atoms with van der Waals surface area (Å²) in [6.45, 7) is 6.60. The Balaban J connectivity index is 2.36. The van der Waals surface area contributed by atoms with E-state index in [-0.39, 0.29) is 39.7 Å². The van der Waals surface area contributed by atoms with E-state index < -0.39 is 34.4 Å². The van der Waals surface area contributed by atoms with Gasteiger partial charge >= 0.3 is 12.2 Å². The molecular weight excluding hydrogens is 504 g/mol. The number of para-hydroxylation sites is 1. The van der Waals surface area contributed by atoms with Crippen molar-refractivity contribution in [1.29, 1.82) is 0 Å². The Morgan fingerprint density at radius 2 is 1.81 bits per heavy atom. The van der Waals surface area contributed by atoms with E-state index in [9.17, 15) is 22.8 Å². The Bertz CT molecular complexity index is 1520. The fourth-order valence-electron chi connectivity index (χ4n) is 3.76. The van der Waals surface area contributed by atoms with Crippen LogP contribution in [0.15, 0.2) is 40.0 Å². The number of alkyl carbamates (subject to hydrolysis) is 1. The Morgan fingerprint density at radius 3 is 2.46 bits per heavy atom. The number of nitrogens with zero attached hydrogens (tertiary/aromatic N) is 2. The zero-order chi connectivity index (χ0) is 27.3. The highest BCUT2D eigenvalue weighted by atomic mass is 32.2. The summed E-state index contributed by atoms with van der Waals surface area (Å²) in [5, 5.41) is 2.57. The largest absolute Gasteiger partial charge is 0.513 e. The second-order valence-corrected chi connectivity index (χ2v) is 9.63. The first kappa shape index (κ1) is 27.6. The number of aromatic nitrogens is 2. The van der Waals surface area contributed by atoms with Crippen LogP contribution in [0.25, 0.3) is 16.6 Å². The number of nitrogens with one attached hydrogen (secondary N) is 2. The molecule has 0 saturated carbocycles. The molecule has 2 N–H and O–H groups in total. The SMILES string of the molecule is CCNC(=O)OCc1nc2cc(C)c(OC(=O)OCC)c(C)c2c(=O)n1-c1ccccc1S(=O)(=O)NC. The molecule has 0 radical (unpaired) electrons. The van der Waals surface area contributed by atoms with E-state index in [1.54, 1.807) is 39.8 Å². The van der Waals surface area contributed by atoms with Crippen LogP contribution in [0.1, 0.15) is 30.8 Å². The van der Waals surface area contributed by atoms with Crippen molar-refractivity contribution in [2.24, 2.45) is 0 Å². The van der Waals surface area contributed by atoms with Crippen LogP contribution in [0.3, 0.4) is 0 Å². The fraction of sp³-hybridized carbons (Fsp3) is 0.333. The van der Waals surface area contributed by atoms with Gasteiger partial charge in [-0.1, -0.05) is 12.1 Å². The Hall–Kier alpha value is -3.97. The van der Waals surface area contributed by atoms with Gasteiger partial charge in [-0.25, -0.2) is 27.7 Å². The molecule has 12 nitrogen and oxygen atoms in total. The van der Waals surface area contributed by atoms with E-state index in [4.69, 9.17) is 14.2 Å². The van der Waals surface area contributed by atoms with Gasteiger partial charge in [0.1, 0.15) is 10.6 Å². The minimum absolute atomic E-state index is 0.00131. The molecule has 13 heteroatoms. The maximum absolute atomic E-state index is 14.0. The van der Waals surface area contributed by atoms with Gasteiger partial charge in [0.2, 0.25) is 10.0 Å². The number of hydrogen-bond donors (Lipinski definition) is 2. The normalized spacial score (nSPS) is 11.3. The minimum atomic E-state index is -3.99. The predicted molar refractivity (Wildman–Crippen MR) is 135 cm³/mol. The van der Waals surface area contributed by atoms with Crippen molar-refractivity contribution in [3.05, 3.63) is 57.6 Å². The van der Waals surface area contributed by atoms with Crippen molar-refractivity contribution in [2.75, 3.05) is 20.2 Å². The zero-order valence-corrected chi connectivity index (χ0v) is 21.9. The van der Waals surface area contributed by atoms with Crippen molar-refractivity contribution < 1.29 is 32.2 Å². The Morgan fingerprint density at radius 1 is 1.11 bits per heavy atom. The van der Waals surface area contributed by atoms with E-state index in [1.807, 2.05) is 0 Å². The zero-order valence-electron chi connectivity index (χ0n) is 21.1. The molecule has 0 unspecified atom stereocenters. The predicted octanol–water partition coefficient (Wildman–Crippen LogP) is 2.69. The van der Waals surface area contributed by atoms with E-state index >= 15 is 0 Å². The molecule has 3 rings (SSSR count). The number of hydrogen-bond acceptors (Lipinski definition) is 9. The van der Waals surface area contributed by atoms with Crippen LogP contribution in [0.2, 0.25) is 0 Å². The first-order valence-electron chi connectivity index (χ1n) is 11.4. The van der Waals surface area contributed by atoms with Gasteiger partial charge in [0.25, 0.3) is 5.56 Å². The van der Waals surface area contributed by atoms with Crippen LogP contribution in [-0.2, 0) is 26.1 Å². The third-order valence-electron chi connectivity index (χ3n) is 5.37. The third kappa shape index (κ3) is 5.73. The van der Waals surface area contributed by atoms with E-state index in [2.05, 4.69) is 15.0 Å². The number of carbonyl (C=O) groups excluding carboxylic acids is 2. The number of ether oxygens (including phenoxy) is 3. The Kier molecular flexibility index (Phi) is 8.50. The van der Waals surface area contributed by atoms with Crippen molar-refractivity contribution in [3.63, 3.8) is 0 Å². The summed E-state index contributed by atoms with van der Waals surface area (Å²) in [7, 11) is -2.75. The molecule has 0 saturated heterocycles. The number of benzene rings is 2. The van der Waals surface area contributed by atoms with Crippen molar-refractivity contribution in [3.8, 4) is 11.4 Å². The topological polar surface area (TPSA) is 155 Å². The second-order valence-electron chi connectivity index (χ2n) is 7.78. The number of sulfonamides is 1. The van der Waals surface area contributed by atoms with Gasteiger partial charge in [0.15, 0.2) is 12.4 Å². The Labute approximate surface area is 213 Å². The summed E-state index contributed by atoms with van der Waals surface area (Å²) in [5.74, 6) is 0.110. The third-order valence-corrected chi connectivity index (χ3v) is 6.83. The summed E-state index contributed by atoms with van der Waals surface area (Å²) in [6.07, 6.45) is -1.66. The lowest BCUT2D eigenvalue weighted by atomic mass is 10.0. The van der Waals surface area contributed by atoms with E-state index in [0.29, 0.717) is 17.7 Å². The molecule has 0 aliphatic carbocycles. The molecule has 0 aliphatic rings. The fourth-order valence-corrected chi connectivity index (χ4v) is 4.67. The van der Waals surface area contributed by atoms with Gasteiger partial charge in [-0.15, -0.1) is 0 Å². The van der Waals surface area contributed by atoms with Gasteiger partial charge < -0.3 is 19.5 Å². The molecule has 1 aromatic heterocycles. The molecule has 0 fully saturated rings. The highest BCUT2D eigenvalue weighted by Crippen LogP contribution is 2.30. The van der Waals surface area contributed by atoms with Crippen LogP contribution in [0.5, 0.6) is 5.75 Å². The molecule has 2 aromatic carbocycles. The summed E-state index contributed by atoms with van der Waals surface area (Å²) >= 11 is 0. The number of rotatable bonds is 8. The van der Waals surface area contributed by atoms with Crippen molar-refractivity contribution in [2.45, 2.75) is 39.2 Å². The molecule has 37 heavy (non-hydrogen) atoms. The molecule has 198 valence electrons. The molecule has 1 heterocycles. The van der Waals surface area contributed by atoms with Gasteiger partial charge in [-0.3, -0.25) is 9.36 Å². The number of aryl methyl sites for hydroxylation is 2. The van der Waals surface area contributed by atoms with Gasteiger partial charge in [-0.05, 0) is 58.5 Å². The van der Waals surface area contributed by atoms with Gasteiger partial charge in [0.05, 0.1) is 23.2 Å². The number of fused-ring (bicyclic) bond motifs is 1. The first-order chi connectivity index (χ1) is 17.5. The molecule has 3 aromatic rings. The van der Waals surface area contributed by atoms with Gasteiger partial charge in [0, 0.05) is 12.1 Å². The molecule has 0 bridgehead atoms. The quantitative estimate of drug-likeness (QED) is 0.329. The molecular formula is C24H28N4O8S. The molecule has 0 atom stereocenters. The number of carbonyl (C=O) groups is 2. The summed E-state index contributed by atoms with van der Waals surface area (Å²) in [4.78, 5) is 42.3. The molecule has 1 amide bonds. The molecule has 0 aliphatic heterocycles. The monoisotopic (exact) mass is 532 g/mol.